The first kappa shape index (κ1) is 95.5. The molecule has 0 bridgehead atoms. The van der Waals surface area contributed by atoms with Crippen molar-refractivity contribution in [2.75, 3.05) is 39.6 Å². The zero-order valence-electron chi connectivity index (χ0n) is 62.6. The molecular formula is C81H138O17P2. The average molecular weight is 1450 g/mol. The molecular weight excluding hydrogens is 1310 g/mol. The maximum atomic E-state index is 13.1. The predicted octanol–water partition coefficient (Wildman–Crippen LogP) is 22.3. The Morgan fingerprint density at radius 2 is 0.540 bits per heavy atom. The second-order valence-electron chi connectivity index (χ2n) is 25.6. The van der Waals surface area contributed by atoms with Crippen LogP contribution < -0.4 is 0 Å². The molecule has 0 aromatic carbocycles. The molecule has 19 heteroatoms. The van der Waals surface area contributed by atoms with E-state index in [1.165, 1.54) is 57.8 Å². The Hall–Kier alpha value is -4.54. The largest absolute Gasteiger partial charge is 0.472 e. The van der Waals surface area contributed by atoms with Gasteiger partial charge in [0.25, 0.3) is 0 Å². The Morgan fingerprint density at radius 1 is 0.290 bits per heavy atom. The number of aliphatic hydroxyl groups excluding tert-OH is 1. The van der Waals surface area contributed by atoms with E-state index in [1.807, 2.05) is 12.2 Å². The van der Waals surface area contributed by atoms with Crippen LogP contribution >= 0.6 is 15.6 Å². The van der Waals surface area contributed by atoms with Crippen molar-refractivity contribution in [3.8, 4) is 0 Å². The molecule has 0 amide bonds. The number of phosphoric acid groups is 2. The molecule has 574 valence electrons. The molecule has 0 aromatic heterocycles. The van der Waals surface area contributed by atoms with Gasteiger partial charge in [0.15, 0.2) is 12.2 Å². The number of esters is 4. The standard InChI is InChI=1S/C81H138O17P2/c1-5-9-13-17-21-25-29-32-34-36-37-39-41-44-47-50-54-58-62-66-79(84)92-72-77(98-81(86)68-64-60-56-52-48-42-31-27-23-19-15-11-7-3)74-96-100(89,90)94-70-75(82)69-93-99(87,88)95-73-76(97-80(85)67-63-59-55-51-45-28-24-20-16-12-8-4)71-91-78(83)65-61-57-53-49-46-43-40-38-35-33-30-26-22-18-14-10-6-2/h10,14,20-22,24-27,31-35,37,39-40,43,49,53,75-77,82H,5-9,11-13,15-19,23,28-30,36,38,41-42,44-48,50-52,54-74H2,1-4H3,(H,87,88)(H,89,90)/b14-10-,24-20-,25-21-,26-22-,31-27-,34-32-,35-33-,39-37-,43-40-,53-49-. The van der Waals surface area contributed by atoms with Gasteiger partial charge in [0, 0.05) is 25.7 Å². The van der Waals surface area contributed by atoms with Crippen LogP contribution in [0.3, 0.4) is 0 Å². The molecule has 100 heavy (non-hydrogen) atoms. The van der Waals surface area contributed by atoms with E-state index in [9.17, 15) is 43.2 Å². The third kappa shape index (κ3) is 71.8. The van der Waals surface area contributed by atoms with E-state index in [4.69, 9.17) is 37.0 Å². The lowest BCUT2D eigenvalue weighted by molar-refractivity contribution is -0.161. The number of hydrogen-bond acceptors (Lipinski definition) is 15. The Morgan fingerprint density at radius 3 is 0.900 bits per heavy atom. The molecule has 3 N–H and O–H groups in total. The summed E-state index contributed by atoms with van der Waals surface area (Å²) in [5.74, 6) is -2.27. The molecule has 17 nitrogen and oxygen atoms in total. The van der Waals surface area contributed by atoms with Crippen molar-refractivity contribution < 1.29 is 80.2 Å². The van der Waals surface area contributed by atoms with Crippen LogP contribution in [0.4, 0.5) is 0 Å². The Labute approximate surface area is 606 Å². The smallest absolute Gasteiger partial charge is 0.462 e. The number of ether oxygens (including phenoxy) is 4. The highest BCUT2D eigenvalue weighted by molar-refractivity contribution is 7.47. The second-order valence-corrected chi connectivity index (χ2v) is 28.5. The number of carbonyl (C=O) groups is 4. The summed E-state index contributed by atoms with van der Waals surface area (Å²) in [4.78, 5) is 72.8. The number of unbranched alkanes of at least 4 members (excludes halogenated alkanes) is 26. The summed E-state index contributed by atoms with van der Waals surface area (Å²) >= 11 is 0. The van der Waals surface area contributed by atoms with Gasteiger partial charge in [0.2, 0.25) is 0 Å². The average Bonchev–Trinajstić information content (AvgIpc) is 0.937. The summed E-state index contributed by atoms with van der Waals surface area (Å²) in [6.07, 6.45) is 79.1. The molecule has 0 fully saturated rings. The lowest BCUT2D eigenvalue weighted by Crippen LogP contribution is -2.30. The van der Waals surface area contributed by atoms with Gasteiger partial charge in [-0.1, -0.05) is 258 Å². The van der Waals surface area contributed by atoms with Gasteiger partial charge in [-0.2, -0.15) is 0 Å². The van der Waals surface area contributed by atoms with Crippen molar-refractivity contribution in [2.24, 2.45) is 0 Å². The summed E-state index contributed by atoms with van der Waals surface area (Å²) in [6.45, 7) is 4.58. The third-order valence-electron chi connectivity index (χ3n) is 15.9. The first-order chi connectivity index (χ1) is 48.7. The van der Waals surface area contributed by atoms with Crippen LogP contribution in [0, 0.1) is 0 Å². The van der Waals surface area contributed by atoms with Crippen molar-refractivity contribution in [3.63, 3.8) is 0 Å². The molecule has 0 saturated heterocycles. The van der Waals surface area contributed by atoms with Crippen LogP contribution in [0.15, 0.2) is 122 Å². The highest BCUT2D eigenvalue weighted by atomic mass is 31.2. The number of phosphoric ester groups is 2. The molecule has 5 unspecified atom stereocenters. The summed E-state index contributed by atoms with van der Waals surface area (Å²) in [5, 5.41) is 10.6. The third-order valence-corrected chi connectivity index (χ3v) is 17.8. The maximum absolute atomic E-state index is 13.1. The van der Waals surface area contributed by atoms with E-state index in [0.717, 1.165) is 167 Å². The molecule has 0 heterocycles. The maximum Gasteiger partial charge on any atom is 0.472 e. The van der Waals surface area contributed by atoms with E-state index < -0.39 is 97.5 Å². The van der Waals surface area contributed by atoms with Gasteiger partial charge < -0.3 is 33.8 Å². The molecule has 0 radical (unpaired) electrons. The Balaban J connectivity index is 5.36. The normalized spacial score (nSPS) is 14.6. The van der Waals surface area contributed by atoms with E-state index in [0.29, 0.717) is 32.1 Å². The minimum atomic E-state index is -4.99. The first-order valence-corrected chi connectivity index (χ1v) is 41.8. The quantitative estimate of drug-likeness (QED) is 0.0169. The lowest BCUT2D eigenvalue weighted by Gasteiger charge is -2.21. The molecule has 0 aromatic rings. The van der Waals surface area contributed by atoms with Crippen LogP contribution in [-0.4, -0.2) is 96.7 Å². The Bertz CT molecular complexity index is 2370. The SMILES string of the molecule is CC/C=C\C/C=C\C/C=C\C/C=C\C/C=C\CCCC(=O)OCC(COP(=O)(O)OCC(O)COP(=O)(O)OCC(COC(=O)CCCCCCCC/C=C\C/C=C\C/C=C\CCCCC)OC(=O)CCCCCCC/C=C\CCCCCC)OC(=O)CCCCCCC/C=C\CCCC. The van der Waals surface area contributed by atoms with Crippen molar-refractivity contribution >= 4 is 39.5 Å². The van der Waals surface area contributed by atoms with Gasteiger partial charge >= 0.3 is 39.5 Å². The zero-order valence-corrected chi connectivity index (χ0v) is 64.4. The van der Waals surface area contributed by atoms with Crippen molar-refractivity contribution in [1.82, 2.24) is 0 Å². The van der Waals surface area contributed by atoms with Crippen molar-refractivity contribution in [2.45, 2.75) is 329 Å². The highest BCUT2D eigenvalue weighted by Gasteiger charge is 2.30. The van der Waals surface area contributed by atoms with Crippen molar-refractivity contribution in [3.05, 3.63) is 122 Å². The molecule has 0 aliphatic rings. The van der Waals surface area contributed by atoms with Crippen LogP contribution in [0.25, 0.3) is 0 Å². The van der Waals surface area contributed by atoms with Gasteiger partial charge in [-0.15, -0.1) is 0 Å². The summed E-state index contributed by atoms with van der Waals surface area (Å²) in [7, 11) is -9.97. The first-order valence-electron chi connectivity index (χ1n) is 38.8. The fourth-order valence-electron chi connectivity index (χ4n) is 9.94. The van der Waals surface area contributed by atoms with Crippen LogP contribution in [0.2, 0.25) is 0 Å². The van der Waals surface area contributed by atoms with E-state index in [-0.39, 0.29) is 25.7 Å². The molecule has 0 aliphatic heterocycles. The van der Waals surface area contributed by atoms with E-state index >= 15 is 0 Å². The fraction of sp³-hybridized carbons (Fsp3) is 0.704. The zero-order chi connectivity index (χ0) is 73.2. The van der Waals surface area contributed by atoms with Gasteiger partial charge in [-0.25, -0.2) is 9.13 Å². The minimum Gasteiger partial charge on any atom is -0.462 e. The molecule has 0 saturated carbocycles. The summed E-state index contributed by atoms with van der Waals surface area (Å²) < 4.78 is 68.4. The van der Waals surface area contributed by atoms with Crippen molar-refractivity contribution in [1.29, 1.82) is 0 Å². The van der Waals surface area contributed by atoms with Gasteiger partial charge in [0.1, 0.15) is 19.3 Å². The predicted molar refractivity (Wildman–Crippen MR) is 408 cm³/mol. The fourth-order valence-corrected chi connectivity index (χ4v) is 11.5. The monoisotopic (exact) mass is 1440 g/mol. The van der Waals surface area contributed by atoms with E-state index in [2.05, 4.69) is 137 Å². The molecule has 0 rings (SSSR count). The minimum absolute atomic E-state index is 0.0699. The number of allylic oxidation sites excluding steroid dienone is 20. The van der Waals surface area contributed by atoms with E-state index in [1.54, 1.807) is 0 Å². The lowest BCUT2D eigenvalue weighted by atomic mass is 10.1. The number of hydrogen-bond donors (Lipinski definition) is 3. The van der Waals surface area contributed by atoms with Gasteiger partial charge in [-0.3, -0.25) is 37.3 Å². The topological polar surface area (TPSA) is 237 Å². The Kier molecular flexibility index (Phi) is 69.5. The van der Waals surface area contributed by atoms with Crippen LogP contribution in [0.5, 0.6) is 0 Å². The summed E-state index contributed by atoms with van der Waals surface area (Å²) in [5.41, 5.74) is 0. The number of rotatable bonds is 72. The highest BCUT2D eigenvalue weighted by Crippen LogP contribution is 2.45. The molecule has 0 aliphatic carbocycles. The molecule has 5 atom stereocenters. The number of carbonyl (C=O) groups excluding carboxylic acids is 4. The van der Waals surface area contributed by atoms with Gasteiger partial charge in [0.05, 0.1) is 26.4 Å². The van der Waals surface area contributed by atoms with Crippen LogP contribution in [-0.2, 0) is 65.4 Å². The summed E-state index contributed by atoms with van der Waals surface area (Å²) in [6, 6.07) is 0. The number of aliphatic hydroxyl groups is 1. The van der Waals surface area contributed by atoms with Gasteiger partial charge in [-0.05, 0) is 148 Å². The molecule has 0 spiro atoms. The second kappa shape index (κ2) is 72.8. The van der Waals surface area contributed by atoms with Crippen LogP contribution in [0.1, 0.15) is 310 Å².